The second-order valence-corrected chi connectivity index (χ2v) is 3.95. The SMILES string of the molecule is COc1cc(CN)c([N+](=O)[O-])cc1OCC(C)OC. The van der Waals surface area contributed by atoms with Crippen LogP contribution in [0.3, 0.4) is 0 Å². The summed E-state index contributed by atoms with van der Waals surface area (Å²) < 4.78 is 15.7. The van der Waals surface area contributed by atoms with Crippen molar-refractivity contribution in [3.63, 3.8) is 0 Å². The lowest BCUT2D eigenvalue weighted by atomic mass is 10.1. The number of hydrogen-bond acceptors (Lipinski definition) is 6. The van der Waals surface area contributed by atoms with Gasteiger partial charge in [0, 0.05) is 19.2 Å². The van der Waals surface area contributed by atoms with Gasteiger partial charge in [0.1, 0.15) is 6.61 Å². The minimum atomic E-state index is -0.492. The number of benzene rings is 1. The largest absolute Gasteiger partial charge is 0.493 e. The van der Waals surface area contributed by atoms with E-state index in [0.717, 1.165) is 0 Å². The first-order valence-electron chi connectivity index (χ1n) is 5.74. The molecule has 1 atom stereocenters. The van der Waals surface area contributed by atoms with Gasteiger partial charge < -0.3 is 19.9 Å². The number of methoxy groups -OCH3 is 2. The molecule has 0 fully saturated rings. The zero-order chi connectivity index (χ0) is 14.4. The van der Waals surface area contributed by atoms with E-state index in [0.29, 0.717) is 17.1 Å². The fourth-order valence-corrected chi connectivity index (χ4v) is 1.47. The normalized spacial score (nSPS) is 12.0. The summed E-state index contributed by atoms with van der Waals surface area (Å²) in [5, 5.41) is 11.0. The van der Waals surface area contributed by atoms with Crippen LogP contribution in [0.2, 0.25) is 0 Å². The van der Waals surface area contributed by atoms with Crippen LogP contribution >= 0.6 is 0 Å². The van der Waals surface area contributed by atoms with Gasteiger partial charge in [0.05, 0.1) is 24.2 Å². The van der Waals surface area contributed by atoms with Crippen LogP contribution in [0.4, 0.5) is 5.69 Å². The highest BCUT2D eigenvalue weighted by molar-refractivity contribution is 5.54. The van der Waals surface area contributed by atoms with E-state index in [-0.39, 0.29) is 24.9 Å². The molecular formula is C12H18N2O5. The molecule has 0 saturated carbocycles. The maximum atomic E-state index is 11.0. The molecule has 1 aromatic carbocycles. The molecule has 0 heterocycles. The Bertz CT molecular complexity index is 450. The van der Waals surface area contributed by atoms with Gasteiger partial charge in [-0.05, 0) is 13.0 Å². The van der Waals surface area contributed by atoms with Gasteiger partial charge in [-0.15, -0.1) is 0 Å². The van der Waals surface area contributed by atoms with Crippen LogP contribution in [0.1, 0.15) is 12.5 Å². The lowest BCUT2D eigenvalue weighted by molar-refractivity contribution is -0.385. The van der Waals surface area contributed by atoms with Crippen molar-refractivity contribution in [3.8, 4) is 11.5 Å². The molecular weight excluding hydrogens is 252 g/mol. The second kappa shape index (κ2) is 6.91. The van der Waals surface area contributed by atoms with E-state index < -0.39 is 4.92 Å². The molecule has 106 valence electrons. The number of hydrogen-bond donors (Lipinski definition) is 1. The molecule has 0 aromatic heterocycles. The average molecular weight is 270 g/mol. The van der Waals surface area contributed by atoms with Crippen LogP contribution < -0.4 is 15.2 Å². The van der Waals surface area contributed by atoms with Crippen LogP contribution in [-0.2, 0) is 11.3 Å². The molecule has 0 radical (unpaired) electrons. The molecule has 19 heavy (non-hydrogen) atoms. The lowest BCUT2D eigenvalue weighted by Crippen LogP contribution is -2.16. The zero-order valence-electron chi connectivity index (χ0n) is 11.2. The number of ether oxygens (including phenoxy) is 3. The molecule has 7 nitrogen and oxygen atoms in total. The van der Waals surface area contributed by atoms with Gasteiger partial charge in [-0.2, -0.15) is 0 Å². The van der Waals surface area contributed by atoms with Crippen molar-refractivity contribution in [2.75, 3.05) is 20.8 Å². The highest BCUT2D eigenvalue weighted by atomic mass is 16.6. The van der Waals surface area contributed by atoms with E-state index in [1.807, 2.05) is 6.92 Å². The topological polar surface area (TPSA) is 96.9 Å². The van der Waals surface area contributed by atoms with Crippen molar-refractivity contribution in [2.45, 2.75) is 19.6 Å². The van der Waals surface area contributed by atoms with Gasteiger partial charge >= 0.3 is 0 Å². The molecule has 0 aliphatic carbocycles. The predicted molar refractivity (Wildman–Crippen MR) is 69.5 cm³/mol. The van der Waals surface area contributed by atoms with E-state index in [4.69, 9.17) is 19.9 Å². The molecule has 0 spiro atoms. The Kier molecular flexibility index (Phi) is 5.53. The van der Waals surface area contributed by atoms with Crippen molar-refractivity contribution in [2.24, 2.45) is 5.73 Å². The Morgan fingerprint density at radius 3 is 2.53 bits per heavy atom. The van der Waals surface area contributed by atoms with Gasteiger partial charge in [-0.3, -0.25) is 10.1 Å². The van der Waals surface area contributed by atoms with Crippen molar-refractivity contribution < 1.29 is 19.1 Å². The maximum absolute atomic E-state index is 11.0. The zero-order valence-corrected chi connectivity index (χ0v) is 11.2. The van der Waals surface area contributed by atoms with Gasteiger partial charge in [-0.25, -0.2) is 0 Å². The third-order valence-corrected chi connectivity index (χ3v) is 2.66. The highest BCUT2D eigenvalue weighted by Gasteiger charge is 2.19. The Balaban J connectivity index is 3.07. The van der Waals surface area contributed by atoms with E-state index in [1.54, 1.807) is 7.11 Å². The van der Waals surface area contributed by atoms with Crippen LogP contribution in [0.15, 0.2) is 12.1 Å². The smallest absolute Gasteiger partial charge is 0.277 e. The summed E-state index contributed by atoms with van der Waals surface area (Å²) in [6.07, 6.45) is -0.127. The number of nitro groups is 1. The molecule has 1 unspecified atom stereocenters. The number of nitrogens with two attached hydrogens (primary N) is 1. The molecule has 7 heteroatoms. The van der Waals surface area contributed by atoms with Gasteiger partial charge in [-0.1, -0.05) is 0 Å². The predicted octanol–water partition coefficient (Wildman–Crippen LogP) is 1.48. The molecule has 2 N–H and O–H groups in total. The molecule has 0 bridgehead atoms. The Hall–Kier alpha value is -1.86. The standard InChI is InChI=1S/C12H18N2O5/c1-8(17-2)7-19-12-5-10(14(15)16)9(6-13)4-11(12)18-3/h4-5,8H,6-7,13H2,1-3H3. The van der Waals surface area contributed by atoms with E-state index >= 15 is 0 Å². The summed E-state index contributed by atoms with van der Waals surface area (Å²) in [5.74, 6) is 0.713. The van der Waals surface area contributed by atoms with Crippen LogP contribution in [0.25, 0.3) is 0 Å². The van der Waals surface area contributed by atoms with Gasteiger partial charge in [0.25, 0.3) is 5.69 Å². The Morgan fingerprint density at radius 1 is 1.37 bits per heavy atom. The fourth-order valence-electron chi connectivity index (χ4n) is 1.47. The fraction of sp³-hybridized carbons (Fsp3) is 0.500. The van der Waals surface area contributed by atoms with E-state index in [1.165, 1.54) is 19.2 Å². The van der Waals surface area contributed by atoms with Crippen molar-refractivity contribution in [1.82, 2.24) is 0 Å². The first kappa shape index (κ1) is 15.2. The Labute approximate surface area is 111 Å². The van der Waals surface area contributed by atoms with Crippen LogP contribution in [-0.4, -0.2) is 31.9 Å². The van der Waals surface area contributed by atoms with Gasteiger partial charge in [0.15, 0.2) is 11.5 Å². The van der Waals surface area contributed by atoms with Gasteiger partial charge in [0.2, 0.25) is 0 Å². The van der Waals surface area contributed by atoms with Crippen LogP contribution in [0.5, 0.6) is 11.5 Å². The minimum Gasteiger partial charge on any atom is -0.493 e. The monoisotopic (exact) mass is 270 g/mol. The number of nitro benzene ring substituents is 1. The summed E-state index contributed by atoms with van der Waals surface area (Å²) in [5.41, 5.74) is 5.80. The molecule has 1 aromatic rings. The summed E-state index contributed by atoms with van der Waals surface area (Å²) in [6.45, 7) is 2.16. The number of rotatable bonds is 7. The summed E-state index contributed by atoms with van der Waals surface area (Å²) in [6, 6.07) is 2.84. The molecule has 0 saturated heterocycles. The molecule has 0 aliphatic rings. The third kappa shape index (κ3) is 3.80. The van der Waals surface area contributed by atoms with Crippen molar-refractivity contribution in [1.29, 1.82) is 0 Å². The van der Waals surface area contributed by atoms with Crippen molar-refractivity contribution >= 4 is 5.69 Å². The molecule has 0 amide bonds. The first-order chi connectivity index (χ1) is 9.03. The first-order valence-corrected chi connectivity index (χ1v) is 5.74. The molecule has 0 aliphatic heterocycles. The molecule has 1 rings (SSSR count). The number of nitrogens with zero attached hydrogens (tertiary/aromatic N) is 1. The highest BCUT2D eigenvalue weighted by Crippen LogP contribution is 2.34. The van der Waals surface area contributed by atoms with Crippen molar-refractivity contribution in [3.05, 3.63) is 27.8 Å². The Morgan fingerprint density at radius 2 is 2.05 bits per heavy atom. The van der Waals surface area contributed by atoms with E-state index in [2.05, 4.69) is 0 Å². The quantitative estimate of drug-likeness (QED) is 0.595. The summed E-state index contributed by atoms with van der Waals surface area (Å²) >= 11 is 0. The third-order valence-electron chi connectivity index (χ3n) is 2.66. The lowest BCUT2D eigenvalue weighted by Gasteiger charge is -2.14. The average Bonchev–Trinajstić information content (AvgIpc) is 2.43. The summed E-state index contributed by atoms with van der Waals surface area (Å²) in [4.78, 5) is 10.5. The second-order valence-electron chi connectivity index (χ2n) is 3.95. The minimum absolute atomic E-state index is 0.0570. The van der Waals surface area contributed by atoms with Crippen LogP contribution in [0, 0.1) is 10.1 Å². The summed E-state index contributed by atoms with van der Waals surface area (Å²) in [7, 11) is 3.03. The maximum Gasteiger partial charge on any atom is 0.277 e. The van der Waals surface area contributed by atoms with E-state index in [9.17, 15) is 10.1 Å².